The second-order valence-corrected chi connectivity index (χ2v) is 10.1. The molecule has 3 aromatic rings. The van der Waals surface area contributed by atoms with Crippen molar-refractivity contribution in [3.05, 3.63) is 93.1 Å². The van der Waals surface area contributed by atoms with Gasteiger partial charge in [0.15, 0.2) is 0 Å². The Morgan fingerprint density at radius 3 is 1.43 bits per heavy atom. The maximum atomic E-state index is 12.8. The molecule has 40 heavy (non-hydrogen) atoms. The number of ether oxygens (including phenoxy) is 4. The number of hydrogen-bond donors (Lipinski definition) is 0. The summed E-state index contributed by atoms with van der Waals surface area (Å²) in [4.78, 5) is 51.9. The minimum absolute atomic E-state index is 0.129. The van der Waals surface area contributed by atoms with E-state index in [0.29, 0.717) is 14.0 Å². The Morgan fingerprint density at radius 2 is 1.10 bits per heavy atom. The molecule has 12 heteroatoms. The van der Waals surface area contributed by atoms with E-state index in [1.54, 1.807) is 0 Å². The van der Waals surface area contributed by atoms with Crippen LogP contribution in [0.5, 0.6) is 23.0 Å². The van der Waals surface area contributed by atoms with Gasteiger partial charge in [0.2, 0.25) is 0 Å². The molecule has 4 rings (SSSR count). The van der Waals surface area contributed by atoms with Crippen LogP contribution in [0, 0.1) is 17.9 Å². The van der Waals surface area contributed by atoms with Crippen molar-refractivity contribution >= 4 is 47.4 Å². The highest BCUT2D eigenvalue weighted by Gasteiger charge is 2.30. The second kappa shape index (κ2) is 12.2. The number of rotatable bonds is 6. The van der Waals surface area contributed by atoms with Crippen molar-refractivity contribution in [2.75, 3.05) is 0 Å². The number of hydrogen-bond acceptors (Lipinski definition) is 11. The fraction of sp³-hybridized carbons (Fsp3) is 0.0714. The van der Waals surface area contributed by atoms with E-state index in [9.17, 15) is 24.4 Å². The summed E-state index contributed by atoms with van der Waals surface area (Å²) >= 11 is 2.09. The highest BCUT2D eigenvalue weighted by Crippen LogP contribution is 2.59. The highest BCUT2D eigenvalue weighted by molar-refractivity contribution is 8.24. The molecular formula is C28H16N2O8S2. The van der Waals surface area contributed by atoms with E-state index in [2.05, 4.69) is 4.85 Å². The largest absolute Gasteiger partial charge is 0.427 e. The van der Waals surface area contributed by atoms with Gasteiger partial charge in [-0.1, -0.05) is 23.5 Å². The van der Waals surface area contributed by atoms with Crippen LogP contribution >= 0.6 is 23.5 Å². The number of nitrogens with zero attached hydrogens (tertiary/aromatic N) is 2. The van der Waals surface area contributed by atoms with Crippen LogP contribution in [0.15, 0.2) is 80.4 Å². The van der Waals surface area contributed by atoms with E-state index in [1.165, 1.54) is 74.5 Å². The predicted molar refractivity (Wildman–Crippen MR) is 143 cm³/mol. The number of fused-ring (bicyclic) bond motifs is 1. The first-order valence-electron chi connectivity index (χ1n) is 11.2. The van der Waals surface area contributed by atoms with E-state index in [-0.39, 0.29) is 39.8 Å². The number of carbonyl (C=O) groups excluding carboxylic acids is 4. The molecule has 0 aromatic heterocycles. The summed E-state index contributed by atoms with van der Waals surface area (Å²) in [6.07, 6.45) is 0. The molecule has 198 valence electrons. The predicted octanol–water partition coefficient (Wildman–Crippen LogP) is 5.79. The first-order valence-corrected chi connectivity index (χ1v) is 12.9. The fourth-order valence-electron chi connectivity index (χ4n) is 3.27. The Bertz CT molecular complexity index is 1530. The van der Waals surface area contributed by atoms with Crippen molar-refractivity contribution in [1.82, 2.24) is 0 Å². The first-order chi connectivity index (χ1) is 19.2. The lowest BCUT2D eigenvalue weighted by atomic mass is 10.2. The molecule has 0 fully saturated rings. The summed E-state index contributed by atoms with van der Waals surface area (Å²) in [7, 11) is 0. The fourth-order valence-corrected chi connectivity index (χ4v) is 5.74. The third kappa shape index (κ3) is 6.50. The summed E-state index contributed by atoms with van der Waals surface area (Å²) in [5, 5.41) is 9.36. The maximum absolute atomic E-state index is 12.8. The van der Waals surface area contributed by atoms with Crippen molar-refractivity contribution < 1.29 is 38.1 Å². The lowest BCUT2D eigenvalue weighted by Crippen LogP contribution is -2.11. The highest BCUT2D eigenvalue weighted by atomic mass is 32.2. The van der Waals surface area contributed by atoms with Crippen LogP contribution in [0.4, 0.5) is 0 Å². The standard InChI is InChI=1S/C28H16N2O8S2/c1-15(31)35-19-8-4-17(5-9-19)26(33)37-22-12-13-23(25-24(22)39-28(40-25)21(14-29)30-3)38-27(34)18-6-10-20(11-7-18)36-16(2)32/h4-13H,1-2H3. The van der Waals surface area contributed by atoms with Gasteiger partial charge >= 0.3 is 23.9 Å². The number of thioether (sulfide) groups is 2. The van der Waals surface area contributed by atoms with Crippen LogP contribution in [-0.2, 0) is 9.59 Å². The Kier molecular flexibility index (Phi) is 8.54. The van der Waals surface area contributed by atoms with Crippen LogP contribution < -0.4 is 18.9 Å². The number of benzene rings is 3. The molecule has 3 aromatic carbocycles. The van der Waals surface area contributed by atoms with Gasteiger partial charge < -0.3 is 18.9 Å². The minimum Gasteiger partial charge on any atom is -0.427 e. The van der Waals surface area contributed by atoms with Gasteiger partial charge in [0.05, 0.1) is 37.8 Å². The number of esters is 4. The van der Waals surface area contributed by atoms with E-state index >= 15 is 0 Å². The summed E-state index contributed by atoms with van der Waals surface area (Å²) in [6, 6.07) is 16.2. The molecule has 0 saturated heterocycles. The molecule has 10 nitrogen and oxygen atoms in total. The summed E-state index contributed by atoms with van der Waals surface area (Å²) in [5.41, 5.74) is 0.202. The Hall–Kier alpha value is -5.04. The molecule has 1 aliphatic rings. The summed E-state index contributed by atoms with van der Waals surface area (Å²) < 4.78 is 21.5. The molecule has 0 radical (unpaired) electrons. The van der Waals surface area contributed by atoms with E-state index < -0.39 is 23.9 Å². The van der Waals surface area contributed by atoms with Crippen molar-refractivity contribution in [1.29, 1.82) is 5.26 Å². The quantitative estimate of drug-likeness (QED) is 0.154. The Balaban J connectivity index is 1.61. The molecule has 0 atom stereocenters. The topological polar surface area (TPSA) is 133 Å². The number of nitriles is 1. The minimum atomic E-state index is -0.706. The smallest absolute Gasteiger partial charge is 0.343 e. The first kappa shape index (κ1) is 28.0. The second-order valence-electron chi connectivity index (χ2n) is 7.80. The van der Waals surface area contributed by atoms with Crippen LogP contribution in [-0.4, -0.2) is 23.9 Å². The molecule has 0 spiro atoms. The molecule has 0 unspecified atom stereocenters. The van der Waals surface area contributed by atoms with Gasteiger partial charge in [0.1, 0.15) is 23.0 Å². The van der Waals surface area contributed by atoms with E-state index in [4.69, 9.17) is 25.5 Å². The number of carbonyl (C=O) groups is 4. The van der Waals surface area contributed by atoms with Gasteiger partial charge in [0.25, 0.3) is 5.70 Å². The normalized spacial score (nSPS) is 11.3. The van der Waals surface area contributed by atoms with E-state index in [0.717, 1.165) is 23.5 Å². The van der Waals surface area contributed by atoms with Crippen LogP contribution in [0.3, 0.4) is 0 Å². The zero-order valence-electron chi connectivity index (χ0n) is 20.8. The molecule has 0 aliphatic carbocycles. The SMILES string of the molecule is [C-]#[N+]C(C#N)=C1Sc2c(OC(=O)c3ccc(OC(C)=O)cc3)ccc(OC(=O)c3ccc(OC(C)=O)cc3)c2S1. The lowest BCUT2D eigenvalue weighted by Gasteiger charge is -2.12. The van der Waals surface area contributed by atoms with Gasteiger partial charge in [-0.3, -0.25) is 9.59 Å². The van der Waals surface area contributed by atoms with Crippen LogP contribution in [0.25, 0.3) is 4.85 Å². The van der Waals surface area contributed by atoms with E-state index in [1.807, 2.05) is 6.07 Å². The average molecular weight is 573 g/mol. The van der Waals surface area contributed by atoms with Crippen molar-refractivity contribution in [2.45, 2.75) is 23.6 Å². The van der Waals surface area contributed by atoms with Crippen LogP contribution in [0.2, 0.25) is 0 Å². The van der Waals surface area contributed by atoms with Gasteiger partial charge in [0, 0.05) is 13.8 Å². The Labute approximate surface area is 236 Å². The van der Waals surface area contributed by atoms with Gasteiger partial charge in [-0.25, -0.2) is 19.7 Å². The molecule has 1 heterocycles. The third-order valence-electron chi connectivity index (χ3n) is 4.95. The molecule has 0 amide bonds. The van der Waals surface area contributed by atoms with Crippen molar-refractivity contribution in [3.63, 3.8) is 0 Å². The zero-order valence-corrected chi connectivity index (χ0v) is 22.4. The van der Waals surface area contributed by atoms with Crippen LogP contribution in [0.1, 0.15) is 34.6 Å². The van der Waals surface area contributed by atoms with Crippen molar-refractivity contribution in [3.8, 4) is 29.1 Å². The summed E-state index contributed by atoms with van der Waals surface area (Å²) in [5.74, 6) is -1.62. The summed E-state index contributed by atoms with van der Waals surface area (Å²) in [6.45, 7) is 9.81. The maximum Gasteiger partial charge on any atom is 0.343 e. The lowest BCUT2D eigenvalue weighted by molar-refractivity contribution is -0.132. The molecule has 1 aliphatic heterocycles. The zero-order chi connectivity index (χ0) is 28.8. The average Bonchev–Trinajstić information content (AvgIpc) is 3.37. The molecule has 0 bridgehead atoms. The molecule has 0 N–H and O–H groups in total. The third-order valence-corrected chi connectivity index (χ3v) is 7.55. The molecule has 0 saturated carbocycles. The monoisotopic (exact) mass is 572 g/mol. The molecular weight excluding hydrogens is 556 g/mol. The van der Waals surface area contributed by atoms with Crippen molar-refractivity contribution in [2.24, 2.45) is 0 Å². The number of allylic oxidation sites excluding steroid dienone is 1. The van der Waals surface area contributed by atoms with Gasteiger partial charge in [-0.05, 0) is 60.7 Å². The Morgan fingerprint density at radius 1 is 0.700 bits per heavy atom. The van der Waals surface area contributed by atoms with Gasteiger partial charge in [-0.2, -0.15) is 0 Å². The van der Waals surface area contributed by atoms with Gasteiger partial charge in [-0.15, -0.1) is 0 Å².